The molecule has 0 bridgehead atoms. The molecule has 0 aromatic heterocycles. The van der Waals surface area contributed by atoms with Crippen molar-refractivity contribution in [1.82, 2.24) is 0 Å². The largest absolute Gasteiger partial charge is 0.409 e. The summed E-state index contributed by atoms with van der Waals surface area (Å²) in [6.07, 6.45) is 2.47. The summed E-state index contributed by atoms with van der Waals surface area (Å²) in [5.41, 5.74) is 7.50. The molecule has 0 atom stereocenters. The molecule has 0 aliphatic carbocycles. The van der Waals surface area contributed by atoms with Crippen LogP contribution in [-0.4, -0.2) is 24.1 Å². The van der Waals surface area contributed by atoms with Crippen molar-refractivity contribution in [3.05, 3.63) is 28.2 Å². The fourth-order valence-corrected chi connectivity index (χ4v) is 2.80. The maximum atomic E-state index is 8.69. The summed E-state index contributed by atoms with van der Waals surface area (Å²) in [7, 11) is 0. The minimum Gasteiger partial charge on any atom is -0.409 e. The number of halogens is 1. The van der Waals surface area contributed by atoms with Crippen LogP contribution < -0.4 is 10.6 Å². The number of hydrogen-bond acceptors (Lipinski definition) is 3. The van der Waals surface area contributed by atoms with Crippen molar-refractivity contribution in [1.29, 1.82) is 0 Å². The van der Waals surface area contributed by atoms with E-state index in [1.165, 1.54) is 18.5 Å². The quantitative estimate of drug-likeness (QED) is 0.382. The molecule has 1 aliphatic rings. The molecule has 1 fully saturated rings. The molecule has 98 valence electrons. The zero-order valence-electron chi connectivity index (χ0n) is 10.4. The van der Waals surface area contributed by atoms with Crippen LogP contribution in [0.25, 0.3) is 0 Å². The van der Waals surface area contributed by atoms with Gasteiger partial charge in [-0.05, 0) is 52.9 Å². The van der Waals surface area contributed by atoms with Gasteiger partial charge in [0.15, 0.2) is 5.84 Å². The molecule has 3 N–H and O–H groups in total. The Morgan fingerprint density at radius 3 is 2.67 bits per heavy atom. The lowest BCUT2D eigenvalue weighted by Gasteiger charge is -2.32. The van der Waals surface area contributed by atoms with Crippen molar-refractivity contribution in [2.24, 2.45) is 16.8 Å². The average molecular weight is 312 g/mol. The highest BCUT2D eigenvalue weighted by Gasteiger charge is 2.17. The molecule has 0 amide bonds. The molecular weight excluding hydrogens is 294 g/mol. The van der Waals surface area contributed by atoms with Crippen molar-refractivity contribution < 1.29 is 5.21 Å². The molecular formula is C13H18BrN3O. The number of benzene rings is 1. The highest BCUT2D eigenvalue weighted by atomic mass is 79.9. The second-order valence-corrected chi connectivity index (χ2v) is 5.67. The monoisotopic (exact) mass is 311 g/mol. The van der Waals surface area contributed by atoms with Crippen molar-refractivity contribution in [2.75, 3.05) is 18.0 Å². The molecule has 0 spiro atoms. The molecule has 0 saturated carbocycles. The van der Waals surface area contributed by atoms with E-state index in [2.05, 4.69) is 32.9 Å². The molecule has 5 heteroatoms. The van der Waals surface area contributed by atoms with E-state index in [-0.39, 0.29) is 5.84 Å². The minimum absolute atomic E-state index is 0.126. The molecule has 1 aliphatic heterocycles. The molecule has 18 heavy (non-hydrogen) atoms. The van der Waals surface area contributed by atoms with E-state index >= 15 is 0 Å². The summed E-state index contributed by atoms with van der Waals surface area (Å²) in [6.45, 7) is 4.49. The third kappa shape index (κ3) is 2.77. The topological polar surface area (TPSA) is 61.8 Å². The molecule has 4 nitrogen and oxygen atoms in total. The maximum absolute atomic E-state index is 8.69. The first-order chi connectivity index (χ1) is 8.61. The van der Waals surface area contributed by atoms with Crippen LogP contribution in [0.1, 0.15) is 25.3 Å². The van der Waals surface area contributed by atoms with Crippen LogP contribution in [0.3, 0.4) is 0 Å². The van der Waals surface area contributed by atoms with Crippen LogP contribution in [0.2, 0.25) is 0 Å². The number of amidine groups is 1. The van der Waals surface area contributed by atoms with E-state index in [0.29, 0.717) is 5.56 Å². The van der Waals surface area contributed by atoms with Gasteiger partial charge < -0.3 is 15.8 Å². The lowest BCUT2D eigenvalue weighted by atomic mass is 9.98. The van der Waals surface area contributed by atoms with Gasteiger partial charge in [0.05, 0.1) is 0 Å². The fraction of sp³-hybridized carbons (Fsp3) is 0.462. The molecule has 1 aromatic carbocycles. The van der Waals surface area contributed by atoms with Gasteiger partial charge in [-0.1, -0.05) is 12.1 Å². The van der Waals surface area contributed by atoms with Gasteiger partial charge in [-0.3, -0.25) is 0 Å². The average Bonchev–Trinajstić information content (AvgIpc) is 2.38. The molecule has 1 heterocycles. The molecule has 2 rings (SSSR count). The van der Waals surface area contributed by atoms with E-state index in [4.69, 9.17) is 10.9 Å². The lowest BCUT2D eigenvalue weighted by Crippen LogP contribution is -2.32. The Morgan fingerprint density at radius 2 is 2.11 bits per heavy atom. The van der Waals surface area contributed by atoms with Gasteiger partial charge in [-0.15, -0.1) is 0 Å². The number of nitrogens with two attached hydrogens (primary N) is 1. The van der Waals surface area contributed by atoms with Crippen molar-refractivity contribution >= 4 is 27.5 Å². The number of oxime groups is 1. The number of piperidine rings is 1. The highest BCUT2D eigenvalue weighted by Crippen LogP contribution is 2.27. The number of hydrogen-bond donors (Lipinski definition) is 2. The summed E-state index contributed by atoms with van der Waals surface area (Å²) in [4.78, 5) is 2.38. The first kappa shape index (κ1) is 13.2. The fourth-order valence-electron chi connectivity index (χ4n) is 2.23. The summed E-state index contributed by atoms with van der Waals surface area (Å²) >= 11 is 3.47. The van der Waals surface area contributed by atoms with Crippen molar-refractivity contribution in [2.45, 2.75) is 19.8 Å². The summed E-state index contributed by atoms with van der Waals surface area (Å²) < 4.78 is 0.855. The third-order valence-electron chi connectivity index (χ3n) is 3.49. The Balaban J connectivity index is 2.19. The Labute approximate surface area is 116 Å². The van der Waals surface area contributed by atoms with Crippen LogP contribution in [0, 0.1) is 5.92 Å². The molecule has 1 saturated heterocycles. The molecule has 1 aromatic rings. The Morgan fingerprint density at radius 1 is 1.44 bits per heavy atom. The Bertz CT molecular complexity index is 454. The Kier molecular flexibility index (Phi) is 4.11. The summed E-state index contributed by atoms with van der Waals surface area (Å²) in [5.74, 6) is 0.946. The van der Waals surface area contributed by atoms with E-state index in [9.17, 15) is 0 Å². The van der Waals surface area contributed by atoms with Crippen molar-refractivity contribution in [3.63, 3.8) is 0 Å². The second kappa shape index (κ2) is 5.61. The van der Waals surface area contributed by atoms with Crippen LogP contribution in [-0.2, 0) is 0 Å². The molecule has 0 radical (unpaired) electrons. The van der Waals surface area contributed by atoms with E-state index in [0.717, 1.165) is 23.5 Å². The van der Waals surface area contributed by atoms with Crippen LogP contribution in [0.5, 0.6) is 0 Å². The van der Waals surface area contributed by atoms with Gasteiger partial charge in [-0.2, -0.15) is 0 Å². The normalized spacial score (nSPS) is 18.1. The lowest BCUT2D eigenvalue weighted by molar-refractivity contribution is 0.318. The zero-order valence-corrected chi connectivity index (χ0v) is 12.0. The van der Waals surface area contributed by atoms with Gasteiger partial charge in [0.25, 0.3) is 0 Å². The SMILES string of the molecule is CC1CCN(c2ccc(/C(N)=N/O)c(Br)c2)CC1. The number of nitrogens with zero attached hydrogens (tertiary/aromatic N) is 2. The van der Waals surface area contributed by atoms with Crippen LogP contribution >= 0.6 is 15.9 Å². The van der Waals surface area contributed by atoms with Gasteiger partial charge in [0.1, 0.15) is 0 Å². The van der Waals surface area contributed by atoms with E-state index < -0.39 is 0 Å². The molecule has 0 unspecified atom stereocenters. The van der Waals surface area contributed by atoms with E-state index in [1.807, 2.05) is 18.2 Å². The standard InChI is InChI=1S/C13H18BrN3O/c1-9-4-6-17(7-5-9)10-2-3-11(12(14)8-10)13(15)16-18/h2-3,8-9,18H,4-7H2,1H3,(H2,15,16). The summed E-state index contributed by atoms with van der Waals surface area (Å²) in [5, 5.41) is 11.7. The maximum Gasteiger partial charge on any atom is 0.171 e. The summed E-state index contributed by atoms with van der Waals surface area (Å²) in [6, 6.07) is 5.93. The van der Waals surface area contributed by atoms with Gasteiger partial charge >= 0.3 is 0 Å². The predicted octanol–water partition coefficient (Wildman–Crippen LogP) is 2.78. The van der Waals surface area contributed by atoms with Crippen LogP contribution in [0.4, 0.5) is 5.69 Å². The second-order valence-electron chi connectivity index (χ2n) is 4.82. The first-order valence-electron chi connectivity index (χ1n) is 6.14. The predicted molar refractivity (Wildman–Crippen MR) is 77.3 cm³/mol. The Hall–Kier alpha value is -1.23. The van der Waals surface area contributed by atoms with Crippen LogP contribution in [0.15, 0.2) is 27.8 Å². The highest BCUT2D eigenvalue weighted by molar-refractivity contribution is 9.10. The van der Waals surface area contributed by atoms with Gasteiger partial charge in [-0.25, -0.2) is 0 Å². The van der Waals surface area contributed by atoms with Gasteiger partial charge in [0.2, 0.25) is 0 Å². The third-order valence-corrected chi connectivity index (χ3v) is 4.14. The minimum atomic E-state index is 0.126. The smallest absolute Gasteiger partial charge is 0.171 e. The van der Waals surface area contributed by atoms with Gasteiger partial charge in [0, 0.05) is 28.8 Å². The van der Waals surface area contributed by atoms with E-state index in [1.54, 1.807) is 0 Å². The first-order valence-corrected chi connectivity index (χ1v) is 6.93. The number of anilines is 1. The zero-order chi connectivity index (χ0) is 13.1. The number of rotatable bonds is 2. The van der Waals surface area contributed by atoms with Crippen molar-refractivity contribution in [3.8, 4) is 0 Å².